The van der Waals surface area contributed by atoms with Crippen molar-refractivity contribution in [2.24, 2.45) is 0 Å². The summed E-state index contributed by atoms with van der Waals surface area (Å²) in [7, 11) is 0. The van der Waals surface area contributed by atoms with Crippen molar-refractivity contribution in [3.8, 4) is 0 Å². The molecule has 1 aliphatic rings. The molecule has 1 saturated carbocycles. The lowest BCUT2D eigenvalue weighted by atomic mass is 9.93. The average Bonchev–Trinajstić information content (AvgIpc) is 2.34. The van der Waals surface area contributed by atoms with Crippen LogP contribution in [0.25, 0.3) is 0 Å². The highest BCUT2D eigenvalue weighted by molar-refractivity contribution is 5.68. The molecular weight excluding hydrogens is 208 g/mol. The van der Waals surface area contributed by atoms with E-state index < -0.39 is 0 Å². The second kappa shape index (κ2) is 5.44. The third-order valence-electron chi connectivity index (χ3n) is 3.85. The molecule has 17 heavy (non-hydrogen) atoms. The number of anilines is 2. The standard InChI is InChI=1S/C15H24N2/c1-3-17(13-7-5-4-6-8-13)15-10-9-12(2)11-14(15)16/h9-11,13H,3-8,16H2,1-2H3. The molecule has 0 spiro atoms. The number of benzene rings is 1. The van der Waals surface area contributed by atoms with Gasteiger partial charge in [0.1, 0.15) is 0 Å². The van der Waals surface area contributed by atoms with Gasteiger partial charge in [0, 0.05) is 12.6 Å². The molecule has 0 amide bonds. The Morgan fingerprint density at radius 1 is 1.24 bits per heavy atom. The van der Waals surface area contributed by atoms with Crippen molar-refractivity contribution in [1.82, 2.24) is 0 Å². The molecule has 0 aromatic heterocycles. The highest BCUT2D eigenvalue weighted by atomic mass is 15.2. The molecule has 1 aliphatic carbocycles. The van der Waals surface area contributed by atoms with Gasteiger partial charge in [0.2, 0.25) is 0 Å². The van der Waals surface area contributed by atoms with Gasteiger partial charge in [-0.2, -0.15) is 0 Å². The van der Waals surface area contributed by atoms with Gasteiger partial charge in [-0.3, -0.25) is 0 Å². The molecule has 0 unspecified atom stereocenters. The maximum absolute atomic E-state index is 6.16. The van der Waals surface area contributed by atoms with Gasteiger partial charge in [-0.15, -0.1) is 0 Å². The Bertz CT molecular complexity index is 367. The first-order chi connectivity index (χ1) is 8.22. The van der Waals surface area contributed by atoms with Crippen molar-refractivity contribution < 1.29 is 0 Å². The second-order valence-corrected chi connectivity index (χ2v) is 5.14. The van der Waals surface area contributed by atoms with E-state index in [9.17, 15) is 0 Å². The lowest BCUT2D eigenvalue weighted by Gasteiger charge is -2.36. The van der Waals surface area contributed by atoms with E-state index in [4.69, 9.17) is 5.73 Å². The van der Waals surface area contributed by atoms with E-state index >= 15 is 0 Å². The summed E-state index contributed by atoms with van der Waals surface area (Å²) in [5, 5.41) is 0. The molecule has 2 nitrogen and oxygen atoms in total. The molecule has 0 aliphatic heterocycles. The van der Waals surface area contributed by atoms with E-state index in [1.807, 2.05) is 0 Å². The van der Waals surface area contributed by atoms with Crippen LogP contribution in [-0.4, -0.2) is 12.6 Å². The van der Waals surface area contributed by atoms with Crippen LogP contribution in [0.4, 0.5) is 11.4 Å². The SMILES string of the molecule is CCN(c1ccc(C)cc1N)C1CCCCC1. The third kappa shape index (κ3) is 2.74. The molecule has 0 atom stereocenters. The van der Waals surface area contributed by atoms with Crippen LogP contribution in [0.15, 0.2) is 18.2 Å². The fourth-order valence-electron chi connectivity index (χ4n) is 2.95. The number of hydrogen-bond donors (Lipinski definition) is 1. The molecule has 1 fully saturated rings. The van der Waals surface area contributed by atoms with Gasteiger partial charge in [0.05, 0.1) is 11.4 Å². The maximum atomic E-state index is 6.16. The normalized spacial score (nSPS) is 17.1. The summed E-state index contributed by atoms with van der Waals surface area (Å²) in [6.45, 7) is 5.38. The van der Waals surface area contributed by atoms with Crippen LogP contribution in [0.1, 0.15) is 44.6 Å². The molecule has 2 N–H and O–H groups in total. The van der Waals surface area contributed by atoms with Crippen molar-refractivity contribution in [2.45, 2.75) is 52.0 Å². The van der Waals surface area contributed by atoms with Crippen LogP contribution in [-0.2, 0) is 0 Å². The van der Waals surface area contributed by atoms with Gasteiger partial charge in [0.15, 0.2) is 0 Å². The highest BCUT2D eigenvalue weighted by Crippen LogP contribution is 2.31. The van der Waals surface area contributed by atoms with Gasteiger partial charge in [-0.1, -0.05) is 25.3 Å². The van der Waals surface area contributed by atoms with Crippen LogP contribution >= 0.6 is 0 Å². The Balaban J connectivity index is 2.21. The third-order valence-corrected chi connectivity index (χ3v) is 3.85. The first-order valence-corrected chi connectivity index (χ1v) is 6.85. The zero-order valence-electron chi connectivity index (χ0n) is 11.1. The Hall–Kier alpha value is -1.18. The molecule has 2 rings (SSSR count). The zero-order valence-corrected chi connectivity index (χ0v) is 11.1. The smallest absolute Gasteiger partial charge is 0.0602 e. The Labute approximate surface area is 105 Å². The molecule has 0 radical (unpaired) electrons. The fourth-order valence-corrected chi connectivity index (χ4v) is 2.95. The number of aryl methyl sites for hydroxylation is 1. The maximum Gasteiger partial charge on any atom is 0.0602 e. The lowest BCUT2D eigenvalue weighted by molar-refractivity contribution is 0.418. The second-order valence-electron chi connectivity index (χ2n) is 5.14. The molecule has 0 bridgehead atoms. The predicted octanol–water partition coefficient (Wildman–Crippen LogP) is 3.74. The van der Waals surface area contributed by atoms with E-state index in [1.165, 1.54) is 43.4 Å². The Morgan fingerprint density at radius 2 is 1.94 bits per heavy atom. The monoisotopic (exact) mass is 232 g/mol. The van der Waals surface area contributed by atoms with Crippen molar-refractivity contribution in [3.05, 3.63) is 23.8 Å². The van der Waals surface area contributed by atoms with Crippen LogP contribution in [0.2, 0.25) is 0 Å². The molecule has 0 saturated heterocycles. The van der Waals surface area contributed by atoms with Gasteiger partial charge in [0.25, 0.3) is 0 Å². The van der Waals surface area contributed by atoms with Crippen molar-refractivity contribution in [2.75, 3.05) is 17.2 Å². The molecular formula is C15H24N2. The zero-order chi connectivity index (χ0) is 12.3. The molecule has 2 heteroatoms. The largest absolute Gasteiger partial charge is 0.397 e. The van der Waals surface area contributed by atoms with E-state index in [2.05, 4.69) is 36.9 Å². The van der Waals surface area contributed by atoms with Crippen LogP contribution < -0.4 is 10.6 Å². The first kappa shape index (κ1) is 12.3. The van der Waals surface area contributed by atoms with Crippen LogP contribution in [0.5, 0.6) is 0 Å². The fraction of sp³-hybridized carbons (Fsp3) is 0.600. The van der Waals surface area contributed by atoms with Gasteiger partial charge < -0.3 is 10.6 Å². The summed E-state index contributed by atoms with van der Waals surface area (Å²) in [6, 6.07) is 7.12. The quantitative estimate of drug-likeness (QED) is 0.804. The average molecular weight is 232 g/mol. The number of nitrogens with two attached hydrogens (primary N) is 1. The summed E-state index contributed by atoms with van der Waals surface area (Å²) in [5.74, 6) is 0. The number of nitrogens with zero attached hydrogens (tertiary/aromatic N) is 1. The van der Waals surface area contributed by atoms with E-state index in [0.717, 1.165) is 12.2 Å². The molecule has 0 heterocycles. The number of rotatable bonds is 3. The minimum Gasteiger partial charge on any atom is -0.397 e. The van der Waals surface area contributed by atoms with Gasteiger partial charge in [-0.25, -0.2) is 0 Å². The van der Waals surface area contributed by atoms with Crippen molar-refractivity contribution in [3.63, 3.8) is 0 Å². The van der Waals surface area contributed by atoms with Crippen molar-refractivity contribution >= 4 is 11.4 Å². The minimum absolute atomic E-state index is 0.693. The van der Waals surface area contributed by atoms with Gasteiger partial charge in [-0.05, 0) is 44.4 Å². The minimum atomic E-state index is 0.693. The number of hydrogen-bond acceptors (Lipinski definition) is 2. The van der Waals surface area contributed by atoms with Crippen LogP contribution in [0.3, 0.4) is 0 Å². The highest BCUT2D eigenvalue weighted by Gasteiger charge is 2.21. The van der Waals surface area contributed by atoms with E-state index in [1.54, 1.807) is 0 Å². The lowest BCUT2D eigenvalue weighted by Crippen LogP contribution is -2.37. The summed E-state index contributed by atoms with van der Waals surface area (Å²) >= 11 is 0. The summed E-state index contributed by atoms with van der Waals surface area (Å²) in [6.07, 6.45) is 6.78. The summed E-state index contributed by atoms with van der Waals surface area (Å²) in [5.41, 5.74) is 9.56. The Kier molecular flexibility index (Phi) is 3.93. The molecule has 94 valence electrons. The summed E-state index contributed by atoms with van der Waals surface area (Å²) in [4.78, 5) is 2.49. The molecule has 1 aromatic carbocycles. The predicted molar refractivity (Wildman–Crippen MR) is 75.5 cm³/mol. The van der Waals surface area contributed by atoms with Crippen LogP contribution in [0, 0.1) is 6.92 Å². The van der Waals surface area contributed by atoms with Crippen molar-refractivity contribution in [1.29, 1.82) is 0 Å². The topological polar surface area (TPSA) is 29.3 Å². The summed E-state index contributed by atoms with van der Waals surface area (Å²) < 4.78 is 0. The Morgan fingerprint density at radius 3 is 2.53 bits per heavy atom. The number of nitrogen functional groups attached to an aromatic ring is 1. The van der Waals surface area contributed by atoms with E-state index in [-0.39, 0.29) is 0 Å². The molecule has 1 aromatic rings. The van der Waals surface area contributed by atoms with Gasteiger partial charge >= 0.3 is 0 Å². The van der Waals surface area contributed by atoms with E-state index in [0.29, 0.717) is 6.04 Å². The first-order valence-electron chi connectivity index (χ1n) is 6.85.